The van der Waals surface area contributed by atoms with Crippen LogP contribution in [0.25, 0.3) is 0 Å². The molecule has 0 radical (unpaired) electrons. The van der Waals surface area contributed by atoms with E-state index in [4.69, 9.17) is 10.5 Å². The topological polar surface area (TPSA) is 47.3 Å². The van der Waals surface area contributed by atoms with Gasteiger partial charge in [-0.25, -0.2) is 0 Å². The highest BCUT2D eigenvalue weighted by Crippen LogP contribution is 2.23. The Morgan fingerprint density at radius 1 is 1.22 bits per heavy atom. The highest BCUT2D eigenvalue weighted by atomic mass is 16.5. The Hall–Kier alpha value is -1.06. The van der Waals surface area contributed by atoms with E-state index >= 15 is 0 Å². The van der Waals surface area contributed by atoms with E-state index in [0.29, 0.717) is 6.54 Å². The van der Waals surface area contributed by atoms with Crippen LogP contribution in [-0.4, -0.2) is 19.2 Å². The maximum atomic E-state index is 5.62. The average molecular weight is 250 g/mol. The summed E-state index contributed by atoms with van der Waals surface area (Å²) in [4.78, 5) is 0. The molecule has 0 atom stereocenters. The third kappa shape index (κ3) is 4.00. The number of hydrogen-bond acceptors (Lipinski definition) is 3. The Bertz CT molecular complexity index is 400. The second-order valence-corrected chi connectivity index (χ2v) is 5.52. The van der Waals surface area contributed by atoms with E-state index in [1.54, 1.807) is 7.11 Å². The molecule has 0 heterocycles. The third-order valence-electron chi connectivity index (χ3n) is 3.42. The molecule has 0 spiro atoms. The molecule has 1 aromatic rings. The fourth-order valence-electron chi connectivity index (χ4n) is 1.96. The van der Waals surface area contributed by atoms with E-state index in [-0.39, 0.29) is 5.54 Å². The molecule has 0 aliphatic carbocycles. The second-order valence-electron chi connectivity index (χ2n) is 5.52. The van der Waals surface area contributed by atoms with Crippen LogP contribution < -0.4 is 15.8 Å². The summed E-state index contributed by atoms with van der Waals surface area (Å²) in [6.45, 7) is 10.1. The summed E-state index contributed by atoms with van der Waals surface area (Å²) in [5.74, 6) is 0.953. The molecule has 0 saturated heterocycles. The van der Waals surface area contributed by atoms with Gasteiger partial charge in [0.25, 0.3) is 0 Å². The molecule has 0 aliphatic heterocycles. The zero-order valence-electron chi connectivity index (χ0n) is 12.3. The zero-order chi connectivity index (χ0) is 13.8. The van der Waals surface area contributed by atoms with Crippen molar-refractivity contribution in [3.05, 3.63) is 28.8 Å². The molecule has 0 unspecified atom stereocenters. The molecular formula is C15H26N2O. The van der Waals surface area contributed by atoms with E-state index in [2.05, 4.69) is 45.1 Å². The van der Waals surface area contributed by atoms with Gasteiger partial charge in [-0.15, -0.1) is 0 Å². The Kier molecular flexibility index (Phi) is 5.17. The van der Waals surface area contributed by atoms with Gasteiger partial charge in [-0.3, -0.25) is 0 Å². The van der Waals surface area contributed by atoms with Crippen molar-refractivity contribution >= 4 is 0 Å². The lowest BCUT2D eigenvalue weighted by atomic mass is 9.99. The fraction of sp³-hybridized carbons (Fsp3) is 0.600. The lowest BCUT2D eigenvalue weighted by molar-refractivity contribution is 0.357. The normalized spacial score (nSPS) is 11.7. The molecule has 1 rings (SSSR count). The number of rotatable bonds is 6. The lowest BCUT2D eigenvalue weighted by Gasteiger charge is -2.26. The van der Waals surface area contributed by atoms with Crippen LogP contribution in [0, 0.1) is 13.8 Å². The van der Waals surface area contributed by atoms with Gasteiger partial charge in [-0.1, -0.05) is 6.07 Å². The minimum Gasteiger partial charge on any atom is -0.496 e. The Morgan fingerprint density at radius 2 is 1.83 bits per heavy atom. The van der Waals surface area contributed by atoms with Crippen molar-refractivity contribution in [2.75, 3.05) is 13.7 Å². The molecule has 0 amide bonds. The molecule has 0 saturated carbocycles. The van der Waals surface area contributed by atoms with Gasteiger partial charge in [0.1, 0.15) is 5.75 Å². The number of nitrogens with two attached hydrogens (primary N) is 1. The molecule has 0 bridgehead atoms. The Balaban J connectivity index is 2.81. The van der Waals surface area contributed by atoms with Crippen LogP contribution >= 0.6 is 0 Å². The van der Waals surface area contributed by atoms with E-state index < -0.39 is 0 Å². The van der Waals surface area contributed by atoms with Gasteiger partial charge < -0.3 is 15.8 Å². The SMILES string of the molecule is COc1cc(C)c(C)cc1CNC(C)(C)CCN. The van der Waals surface area contributed by atoms with Crippen molar-refractivity contribution in [1.82, 2.24) is 5.32 Å². The summed E-state index contributed by atoms with van der Waals surface area (Å²) in [6, 6.07) is 4.29. The molecule has 18 heavy (non-hydrogen) atoms. The number of hydrogen-bond donors (Lipinski definition) is 2. The summed E-state index contributed by atoms with van der Waals surface area (Å²) >= 11 is 0. The first-order valence-electron chi connectivity index (χ1n) is 6.49. The second kappa shape index (κ2) is 6.21. The summed E-state index contributed by atoms with van der Waals surface area (Å²) < 4.78 is 5.44. The van der Waals surface area contributed by atoms with Crippen LogP contribution in [0.2, 0.25) is 0 Å². The molecule has 3 nitrogen and oxygen atoms in total. The summed E-state index contributed by atoms with van der Waals surface area (Å²) in [5.41, 5.74) is 9.43. The van der Waals surface area contributed by atoms with Crippen LogP contribution in [0.5, 0.6) is 5.75 Å². The van der Waals surface area contributed by atoms with Gasteiger partial charge in [0.15, 0.2) is 0 Å². The zero-order valence-corrected chi connectivity index (χ0v) is 12.3. The molecule has 0 fully saturated rings. The standard InChI is InChI=1S/C15H26N2O/c1-11-8-13(14(18-5)9-12(11)2)10-17-15(3,4)6-7-16/h8-9,17H,6-7,10,16H2,1-5H3. The first-order chi connectivity index (χ1) is 8.39. The minimum atomic E-state index is 0.0541. The molecule has 102 valence electrons. The highest BCUT2D eigenvalue weighted by Gasteiger charge is 2.16. The van der Waals surface area contributed by atoms with Crippen LogP contribution in [0.3, 0.4) is 0 Å². The van der Waals surface area contributed by atoms with Crippen molar-refractivity contribution in [3.63, 3.8) is 0 Å². The van der Waals surface area contributed by atoms with Crippen LogP contribution in [0.4, 0.5) is 0 Å². The Morgan fingerprint density at radius 3 is 2.39 bits per heavy atom. The summed E-state index contributed by atoms with van der Waals surface area (Å²) in [6.07, 6.45) is 0.958. The van der Waals surface area contributed by atoms with Gasteiger partial charge in [0.05, 0.1) is 7.11 Å². The smallest absolute Gasteiger partial charge is 0.123 e. The van der Waals surface area contributed by atoms with E-state index in [1.807, 2.05) is 0 Å². The molecule has 1 aromatic carbocycles. The van der Waals surface area contributed by atoms with E-state index in [9.17, 15) is 0 Å². The third-order valence-corrected chi connectivity index (χ3v) is 3.42. The van der Waals surface area contributed by atoms with Gasteiger partial charge in [0, 0.05) is 17.6 Å². The number of ether oxygens (including phenoxy) is 1. The monoisotopic (exact) mass is 250 g/mol. The molecular weight excluding hydrogens is 224 g/mol. The summed E-state index contributed by atoms with van der Waals surface area (Å²) in [7, 11) is 1.72. The molecule has 3 heteroatoms. The van der Waals surface area contributed by atoms with Crippen molar-refractivity contribution in [2.45, 2.75) is 46.2 Å². The predicted octanol–water partition coefficient (Wildman–Crippen LogP) is 2.53. The molecule has 3 N–H and O–H groups in total. The summed E-state index contributed by atoms with van der Waals surface area (Å²) in [5, 5.41) is 3.54. The number of aryl methyl sites for hydroxylation is 2. The first kappa shape index (κ1) is 15.0. The van der Waals surface area contributed by atoms with Crippen molar-refractivity contribution < 1.29 is 4.74 Å². The van der Waals surface area contributed by atoms with Gasteiger partial charge in [0.2, 0.25) is 0 Å². The quantitative estimate of drug-likeness (QED) is 0.815. The van der Waals surface area contributed by atoms with Crippen LogP contribution in [-0.2, 0) is 6.54 Å². The van der Waals surface area contributed by atoms with Crippen LogP contribution in [0.15, 0.2) is 12.1 Å². The maximum absolute atomic E-state index is 5.62. The largest absolute Gasteiger partial charge is 0.496 e. The first-order valence-corrected chi connectivity index (χ1v) is 6.49. The van der Waals surface area contributed by atoms with E-state index in [1.165, 1.54) is 16.7 Å². The minimum absolute atomic E-state index is 0.0541. The van der Waals surface area contributed by atoms with Crippen molar-refractivity contribution in [1.29, 1.82) is 0 Å². The average Bonchev–Trinajstić information content (AvgIpc) is 2.30. The Labute approximate surface area is 111 Å². The van der Waals surface area contributed by atoms with Crippen molar-refractivity contribution in [2.24, 2.45) is 5.73 Å². The fourth-order valence-corrected chi connectivity index (χ4v) is 1.96. The van der Waals surface area contributed by atoms with Crippen molar-refractivity contribution in [3.8, 4) is 5.75 Å². The number of methoxy groups -OCH3 is 1. The number of benzene rings is 1. The van der Waals surface area contributed by atoms with E-state index in [0.717, 1.165) is 18.7 Å². The maximum Gasteiger partial charge on any atom is 0.123 e. The molecule has 0 aliphatic rings. The van der Waals surface area contributed by atoms with Gasteiger partial charge in [-0.2, -0.15) is 0 Å². The van der Waals surface area contributed by atoms with Gasteiger partial charge in [-0.05, 0) is 57.9 Å². The highest BCUT2D eigenvalue weighted by molar-refractivity contribution is 5.41. The molecule has 0 aromatic heterocycles. The van der Waals surface area contributed by atoms with Gasteiger partial charge >= 0.3 is 0 Å². The van der Waals surface area contributed by atoms with Crippen LogP contribution in [0.1, 0.15) is 37.0 Å². The number of nitrogens with one attached hydrogen (secondary N) is 1. The predicted molar refractivity (Wildman–Crippen MR) is 77.1 cm³/mol. The lowest BCUT2D eigenvalue weighted by Crippen LogP contribution is -2.40.